The van der Waals surface area contributed by atoms with Crippen LogP contribution in [0.3, 0.4) is 0 Å². The van der Waals surface area contributed by atoms with Gasteiger partial charge in [0.2, 0.25) is 0 Å². The molecule has 0 fully saturated rings. The molecule has 0 spiro atoms. The third kappa shape index (κ3) is 6.29. The number of hydrogen-bond donors (Lipinski definition) is 2. The van der Waals surface area contributed by atoms with E-state index in [9.17, 15) is 4.79 Å². The molecule has 0 aliphatic carbocycles. The number of rotatable bonds is 5. The van der Waals surface area contributed by atoms with Gasteiger partial charge < -0.3 is 9.71 Å². The first kappa shape index (κ1) is 13.2. The molecule has 0 aromatic carbocycles. The molecule has 0 saturated carbocycles. The van der Waals surface area contributed by atoms with Gasteiger partial charge >= 0.3 is 0 Å². The highest BCUT2D eigenvalue weighted by Gasteiger charge is 2.12. The molecule has 1 atom stereocenters. The molecule has 0 bridgehead atoms. The first-order valence-corrected chi connectivity index (χ1v) is 5.01. The number of hydrogen-bond acceptors (Lipinski definition) is 3. The molecule has 0 aromatic heterocycles. The van der Waals surface area contributed by atoms with Gasteiger partial charge in [0.15, 0.2) is 7.98 Å². The van der Waals surface area contributed by atoms with Crippen molar-refractivity contribution in [3.63, 3.8) is 0 Å². The Hall–Kier alpha value is 0.195. The van der Waals surface area contributed by atoms with Gasteiger partial charge in [-0.15, -0.1) is 0 Å². The molecule has 2 radical (unpaired) electrons. The number of thiol groups is 2. The molecule has 0 aromatic rings. The maximum absolute atomic E-state index is 10.8. The summed E-state index contributed by atoms with van der Waals surface area (Å²) >= 11 is 7.96. The van der Waals surface area contributed by atoms with Gasteiger partial charge in [-0.25, -0.2) is 0 Å². The summed E-state index contributed by atoms with van der Waals surface area (Å²) in [6.45, 7) is 0.797. The first-order valence-electron chi connectivity index (χ1n) is 4.04. The van der Waals surface area contributed by atoms with Crippen LogP contribution in [0, 0.1) is 0 Å². The number of carbonyl (C=O) groups is 1. The Morgan fingerprint density at radius 2 is 2.08 bits per heavy atom. The zero-order valence-corrected chi connectivity index (χ0v) is 9.76. The van der Waals surface area contributed by atoms with Crippen LogP contribution in [-0.2, 0) is 0 Å². The summed E-state index contributed by atoms with van der Waals surface area (Å²) in [5.74, 6) is 0. The fourth-order valence-corrected chi connectivity index (χ4v) is 1.36. The molecular formula is C7H15BN2OS2. The summed E-state index contributed by atoms with van der Waals surface area (Å²) in [6.07, 6.45) is 1.72. The van der Waals surface area contributed by atoms with Gasteiger partial charge in [-0.2, -0.15) is 12.6 Å². The van der Waals surface area contributed by atoms with Crippen molar-refractivity contribution in [2.75, 3.05) is 20.6 Å². The van der Waals surface area contributed by atoms with E-state index < -0.39 is 0 Å². The topological polar surface area (TPSA) is 23.6 Å². The van der Waals surface area contributed by atoms with Crippen molar-refractivity contribution < 1.29 is 4.79 Å². The lowest BCUT2D eigenvalue weighted by atomic mass is 10.2. The molecule has 3 nitrogen and oxygen atoms in total. The van der Waals surface area contributed by atoms with Crippen LogP contribution in [0.25, 0.3) is 0 Å². The van der Waals surface area contributed by atoms with Crippen LogP contribution in [0.15, 0.2) is 0 Å². The van der Waals surface area contributed by atoms with E-state index in [4.69, 9.17) is 7.98 Å². The molecule has 1 unspecified atom stereocenters. The molecule has 6 heteroatoms. The Morgan fingerprint density at radius 3 is 2.46 bits per heavy atom. The minimum absolute atomic E-state index is 0.0788. The lowest BCUT2D eigenvalue weighted by Gasteiger charge is -2.22. The van der Waals surface area contributed by atoms with Crippen molar-refractivity contribution >= 4 is 38.5 Å². The second-order valence-corrected chi connectivity index (χ2v) is 3.98. The number of amides is 1. The van der Waals surface area contributed by atoms with E-state index in [2.05, 4.69) is 25.3 Å². The fourth-order valence-electron chi connectivity index (χ4n) is 0.844. The van der Waals surface area contributed by atoms with E-state index in [0.29, 0.717) is 0 Å². The quantitative estimate of drug-likeness (QED) is 0.409. The third-order valence-corrected chi connectivity index (χ3v) is 2.64. The average molecular weight is 218 g/mol. The summed E-state index contributed by atoms with van der Waals surface area (Å²) in [5, 5.41) is -0.342. The molecule has 0 aliphatic heterocycles. The highest BCUT2D eigenvalue weighted by Crippen LogP contribution is 2.11. The van der Waals surface area contributed by atoms with Crippen LogP contribution >= 0.6 is 25.3 Å². The van der Waals surface area contributed by atoms with Crippen LogP contribution < -0.4 is 0 Å². The van der Waals surface area contributed by atoms with Gasteiger partial charge in [0, 0.05) is 7.05 Å². The van der Waals surface area contributed by atoms with Crippen LogP contribution in [0.4, 0.5) is 4.79 Å². The minimum Gasteiger partial charge on any atom is -0.356 e. The highest BCUT2D eigenvalue weighted by molar-refractivity contribution is 7.96. The number of carbonyl (C=O) groups excluding carboxylic acids is 1. The zero-order chi connectivity index (χ0) is 10.4. The van der Waals surface area contributed by atoms with E-state index in [1.807, 2.05) is 0 Å². The maximum Gasteiger partial charge on any atom is 0.279 e. The molecule has 1 amide bonds. The first-order chi connectivity index (χ1) is 5.95. The van der Waals surface area contributed by atoms with Gasteiger partial charge in [-0.3, -0.25) is 4.79 Å². The Morgan fingerprint density at radius 1 is 1.54 bits per heavy atom. The minimum atomic E-state index is -0.263. The molecule has 0 N–H and O–H groups in total. The van der Waals surface area contributed by atoms with Crippen molar-refractivity contribution in [3.05, 3.63) is 0 Å². The molecular weight excluding hydrogens is 203 g/mol. The Balaban J connectivity index is 3.61. The van der Waals surface area contributed by atoms with Crippen LogP contribution in [0.2, 0.25) is 0 Å². The molecule has 74 valence electrons. The van der Waals surface area contributed by atoms with Crippen molar-refractivity contribution in [2.24, 2.45) is 0 Å². The summed E-state index contributed by atoms with van der Waals surface area (Å²) in [7, 11) is 8.91. The lowest BCUT2D eigenvalue weighted by molar-refractivity contribution is 0.228. The predicted octanol–water partition coefficient (Wildman–Crippen LogP) is 1.02. The SMILES string of the molecule is [B]N(C)CCCC(S)N(C)C(=O)S. The van der Waals surface area contributed by atoms with E-state index in [-0.39, 0.29) is 10.6 Å². The monoisotopic (exact) mass is 218 g/mol. The summed E-state index contributed by atoms with van der Waals surface area (Å²) < 4.78 is 0. The van der Waals surface area contributed by atoms with Crippen molar-refractivity contribution in [3.8, 4) is 0 Å². The maximum atomic E-state index is 10.8. The molecule has 0 rings (SSSR count). The van der Waals surface area contributed by atoms with Gasteiger partial charge in [0.25, 0.3) is 5.24 Å². The predicted molar refractivity (Wildman–Crippen MR) is 62.5 cm³/mol. The molecule has 0 heterocycles. The second-order valence-electron chi connectivity index (χ2n) is 3.00. The lowest BCUT2D eigenvalue weighted by Crippen LogP contribution is -2.30. The normalized spacial score (nSPS) is 13.0. The second kappa shape index (κ2) is 6.62. The Kier molecular flexibility index (Phi) is 6.72. The van der Waals surface area contributed by atoms with E-state index in [0.717, 1.165) is 19.4 Å². The molecule has 0 saturated heterocycles. The van der Waals surface area contributed by atoms with Crippen LogP contribution in [0.5, 0.6) is 0 Å². The third-order valence-electron chi connectivity index (χ3n) is 1.72. The summed E-state index contributed by atoms with van der Waals surface area (Å²) in [4.78, 5) is 13.9. The van der Waals surface area contributed by atoms with Gasteiger partial charge in [0.1, 0.15) is 0 Å². The zero-order valence-electron chi connectivity index (χ0n) is 7.97. The van der Waals surface area contributed by atoms with Crippen LogP contribution in [-0.4, -0.2) is 48.9 Å². The van der Waals surface area contributed by atoms with Gasteiger partial charge in [0.05, 0.1) is 5.37 Å². The van der Waals surface area contributed by atoms with E-state index in [1.54, 1.807) is 18.9 Å². The Labute approximate surface area is 92.1 Å². The van der Waals surface area contributed by atoms with Crippen molar-refractivity contribution in [1.29, 1.82) is 0 Å². The van der Waals surface area contributed by atoms with Crippen molar-refractivity contribution in [2.45, 2.75) is 18.2 Å². The van der Waals surface area contributed by atoms with Gasteiger partial charge in [-0.05, 0) is 26.4 Å². The Bertz CT molecular complexity index is 169. The van der Waals surface area contributed by atoms with Gasteiger partial charge in [-0.1, -0.05) is 12.6 Å². The van der Waals surface area contributed by atoms with E-state index >= 15 is 0 Å². The summed E-state index contributed by atoms with van der Waals surface area (Å²) in [6, 6.07) is 0. The standard InChI is InChI=1S/C7H15BN2OS2/c1-9(8)5-3-4-6(12)10(2)7(11)13/h6,12H,3-5H2,1-2H3,(H,11,13). The fraction of sp³-hybridized carbons (Fsp3) is 0.857. The number of nitrogens with zero attached hydrogens (tertiary/aromatic N) is 2. The van der Waals surface area contributed by atoms with E-state index in [1.165, 1.54) is 4.90 Å². The molecule has 0 aliphatic rings. The van der Waals surface area contributed by atoms with Crippen LogP contribution in [0.1, 0.15) is 12.8 Å². The smallest absolute Gasteiger partial charge is 0.279 e. The largest absolute Gasteiger partial charge is 0.356 e. The van der Waals surface area contributed by atoms with Crippen molar-refractivity contribution in [1.82, 2.24) is 9.71 Å². The highest BCUT2D eigenvalue weighted by atomic mass is 32.1. The molecule has 13 heavy (non-hydrogen) atoms. The summed E-state index contributed by atoms with van der Waals surface area (Å²) in [5.41, 5.74) is 0. The average Bonchev–Trinajstić information content (AvgIpc) is 2.02.